The van der Waals surface area contributed by atoms with Gasteiger partial charge in [-0.15, -0.1) is 11.3 Å². The third kappa shape index (κ3) is 3.01. The van der Waals surface area contributed by atoms with E-state index < -0.39 is 17.9 Å². The van der Waals surface area contributed by atoms with Crippen LogP contribution in [0.1, 0.15) is 27.8 Å². The molecular weight excluding hydrogens is 365 g/mol. The maximum absolute atomic E-state index is 12.7. The van der Waals surface area contributed by atoms with Crippen molar-refractivity contribution >= 4 is 23.1 Å². The first-order valence-corrected chi connectivity index (χ1v) is 8.45. The van der Waals surface area contributed by atoms with Gasteiger partial charge in [-0.1, -0.05) is 12.1 Å². The van der Waals surface area contributed by atoms with Gasteiger partial charge in [-0.25, -0.2) is 9.97 Å². The number of amides is 1. The number of anilines is 1. The van der Waals surface area contributed by atoms with Crippen molar-refractivity contribution in [3.63, 3.8) is 0 Å². The monoisotopic (exact) mass is 376 g/mol. The average molecular weight is 376 g/mol. The van der Waals surface area contributed by atoms with E-state index in [0.29, 0.717) is 27.6 Å². The minimum atomic E-state index is -4.37. The van der Waals surface area contributed by atoms with E-state index >= 15 is 0 Å². The van der Waals surface area contributed by atoms with Gasteiger partial charge in [0.2, 0.25) is 0 Å². The van der Waals surface area contributed by atoms with E-state index in [2.05, 4.69) is 20.6 Å². The van der Waals surface area contributed by atoms with Gasteiger partial charge in [0.05, 0.1) is 16.8 Å². The summed E-state index contributed by atoms with van der Waals surface area (Å²) in [7, 11) is 0. The van der Waals surface area contributed by atoms with E-state index in [1.54, 1.807) is 23.7 Å². The van der Waals surface area contributed by atoms with Crippen LogP contribution in [0.25, 0.3) is 10.6 Å². The fourth-order valence-electron chi connectivity index (χ4n) is 2.59. The quantitative estimate of drug-likeness (QED) is 0.707. The number of nitrogens with zero attached hydrogens (tertiary/aromatic N) is 2. The number of pyridine rings is 1. The van der Waals surface area contributed by atoms with Crippen molar-refractivity contribution in [1.29, 1.82) is 0 Å². The second-order valence-electron chi connectivity index (χ2n) is 5.60. The number of thiazole rings is 1. The van der Waals surface area contributed by atoms with E-state index in [-0.39, 0.29) is 5.91 Å². The first kappa shape index (κ1) is 16.5. The normalized spacial score (nSPS) is 16.6. The summed E-state index contributed by atoms with van der Waals surface area (Å²) >= 11 is 1.29. The number of alkyl halides is 3. The average Bonchev–Trinajstić information content (AvgIpc) is 3.11. The zero-order valence-corrected chi connectivity index (χ0v) is 13.9. The van der Waals surface area contributed by atoms with Crippen molar-refractivity contribution in [1.82, 2.24) is 15.3 Å². The Morgan fingerprint density at radius 1 is 1.08 bits per heavy atom. The van der Waals surface area contributed by atoms with E-state index in [1.165, 1.54) is 23.5 Å². The Bertz CT molecular complexity index is 969. The molecule has 1 aliphatic heterocycles. The van der Waals surface area contributed by atoms with Crippen molar-refractivity contribution < 1.29 is 18.0 Å². The second-order valence-corrected chi connectivity index (χ2v) is 6.46. The molecule has 5 nitrogen and oxygen atoms in total. The van der Waals surface area contributed by atoms with Crippen LogP contribution in [0.5, 0.6) is 0 Å². The highest BCUT2D eigenvalue weighted by Crippen LogP contribution is 2.33. The number of rotatable bonds is 2. The Kier molecular flexibility index (Phi) is 3.87. The summed E-state index contributed by atoms with van der Waals surface area (Å²) in [5.41, 5.74) is 0.883. The molecule has 0 bridgehead atoms. The molecule has 0 saturated carbocycles. The SMILES string of the molecule is O=C1N[C@H](c2csc(-c3ccc(C(F)(F)F)cc3)n2)Nc2ncccc21. The van der Waals surface area contributed by atoms with Crippen LogP contribution in [0.3, 0.4) is 0 Å². The Balaban J connectivity index is 1.58. The molecule has 3 aromatic rings. The van der Waals surface area contributed by atoms with Gasteiger partial charge in [-0.3, -0.25) is 4.79 Å². The van der Waals surface area contributed by atoms with Gasteiger partial charge in [0.15, 0.2) is 0 Å². The van der Waals surface area contributed by atoms with E-state index in [0.717, 1.165) is 12.1 Å². The molecule has 1 aromatic carbocycles. The maximum Gasteiger partial charge on any atom is 0.416 e. The number of hydrogen-bond acceptors (Lipinski definition) is 5. The van der Waals surface area contributed by atoms with E-state index in [1.807, 2.05) is 0 Å². The Labute approximate surface area is 149 Å². The highest BCUT2D eigenvalue weighted by atomic mass is 32.1. The molecule has 0 unspecified atom stereocenters. The van der Waals surface area contributed by atoms with Gasteiger partial charge in [0.25, 0.3) is 5.91 Å². The Morgan fingerprint density at radius 2 is 1.85 bits per heavy atom. The summed E-state index contributed by atoms with van der Waals surface area (Å²) in [6.45, 7) is 0. The minimum Gasteiger partial charge on any atom is -0.344 e. The van der Waals surface area contributed by atoms with Crippen molar-refractivity contribution in [2.24, 2.45) is 0 Å². The number of nitrogens with one attached hydrogen (secondary N) is 2. The molecule has 0 fully saturated rings. The molecule has 3 heterocycles. The standard InChI is InChI=1S/C17H11F3N4OS/c18-17(19,20)10-5-3-9(4-6-10)16-22-12(8-26-16)14-23-13-11(15(25)24-14)2-1-7-21-13/h1-8,14H,(H,21,23)(H,24,25)/t14-/m1/s1. The van der Waals surface area contributed by atoms with Crippen LogP contribution in [0.2, 0.25) is 0 Å². The number of halogens is 3. The molecule has 0 aliphatic carbocycles. The molecular formula is C17H11F3N4OS. The molecule has 26 heavy (non-hydrogen) atoms. The second kappa shape index (κ2) is 6.10. The highest BCUT2D eigenvalue weighted by Gasteiger charge is 2.30. The third-order valence-corrected chi connectivity index (χ3v) is 4.80. The smallest absolute Gasteiger partial charge is 0.344 e. The fraction of sp³-hybridized carbons (Fsp3) is 0.118. The van der Waals surface area contributed by atoms with Gasteiger partial charge in [0.1, 0.15) is 17.0 Å². The number of hydrogen-bond donors (Lipinski definition) is 2. The molecule has 9 heteroatoms. The predicted molar refractivity (Wildman–Crippen MR) is 90.6 cm³/mol. The Morgan fingerprint density at radius 3 is 2.58 bits per heavy atom. The molecule has 1 aliphatic rings. The summed E-state index contributed by atoms with van der Waals surface area (Å²) in [4.78, 5) is 20.7. The summed E-state index contributed by atoms with van der Waals surface area (Å²) in [5, 5.41) is 8.19. The molecule has 1 amide bonds. The van der Waals surface area contributed by atoms with Crippen molar-refractivity contribution in [3.8, 4) is 10.6 Å². The van der Waals surface area contributed by atoms with Crippen LogP contribution in [-0.2, 0) is 6.18 Å². The van der Waals surface area contributed by atoms with Crippen LogP contribution >= 0.6 is 11.3 Å². The third-order valence-electron chi connectivity index (χ3n) is 3.89. The highest BCUT2D eigenvalue weighted by molar-refractivity contribution is 7.13. The number of benzene rings is 1. The van der Waals surface area contributed by atoms with Gasteiger partial charge in [-0.2, -0.15) is 13.2 Å². The van der Waals surface area contributed by atoms with Gasteiger partial charge < -0.3 is 10.6 Å². The van der Waals surface area contributed by atoms with Gasteiger partial charge in [0, 0.05) is 17.1 Å². The van der Waals surface area contributed by atoms with Crippen LogP contribution in [-0.4, -0.2) is 15.9 Å². The molecule has 0 spiro atoms. The predicted octanol–water partition coefficient (Wildman–Crippen LogP) is 4.08. The first-order valence-electron chi connectivity index (χ1n) is 7.57. The topological polar surface area (TPSA) is 66.9 Å². The molecule has 132 valence electrons. The van der Waals surface area contributed by atoms with E-state index in [9.17, 15) is 18.0 Å². The number of fused-ring (bicyclic) bond motifs is 1. The summed E-state index contributed by atoms with van der Waals surface area (Å²) in [5.74, 6) is 0.200. The fourth-order valence-corrected chi connectivity index (χ4v) is 3.44. The summed E-state index contributed by atoms with van der Waals surface area (Å²) in [6.07, 6.45) is -3.34. The molecule has 4 rings (SSSR count). The first-order chi connectivity index (χ1) is 12.4. The van der Waals surface area contributed by atoms with Crippen molar-refractivity contribution in [3.05, 3.63) is 64.8 Å². The summed E-state index contributed by atoms with van der Waals surface area (Å²) in [6, 6.07) is 8.15. The number of carbonyl (C=O) groups excluding carboxylic acids is 1. The van der Waals surface area contributed by atoms with Gasteiger partial charge in [-0.05, 0) is 24.3 Å². The Hall–Kier alpha value is -2.94. The largest absolute Gasteiger partial charge is 0.416 e. The lowest BCUT2D eigenvalue weighted by atomic mass is 10.1. The summed E-state index contributed by atoms with van der Waals surface area (Å²) < 4.78 is 38.0. The van der Waals surface area contributed by atoms with Crippen LogP contribution in [0.4, 0.5) is 19.0 Å². The van der Waals surface area contributed by atoms with Crippen molar-refractivity contribution in [2.45, 2.75) is 12.3 Å². The van der Waals surface area contributed by atoms with Gasteiger partial charge >= 0.3 is 6.18 Å². The van der Waals surface area contributed by atoms with Crippen molar-refractivity contribution in [2.75, 3.05) is 5.32 Å². The van der Waals surface area contributed by atoms with Crippen LogP contribution < -0.4 is 10.6 Å². The molecule has 2 N–H and O–H groups in total. The molecule has 1 atom stereocenters. The zero-order chi connectivity index (χ0) is 18.3. The van der Waals surface area contributed by atoms with E-state index in [4.69, 9.17) is 0 Å². The maximum atomic E-state index is 12.7. The lowest BCUT2D eigenvalue weighted by Crippen LogP contribution is -2.39. The molecule has 0 saturated heterocycles. The minimum absolute atomic E-state index is 0.263. The molecule has 2 aromatic heterocycles. The number of carbonyl (C=O) groups is 1. The lowest BCUT2D eigenvalue weighted by Gasteiger charge is -2.25. The lowest BCUT2D eigenvalue weighted by molar-refractivity contribution is -0.137. The molecule has 0 radical (unpaired) electrons. The zero-order valence-electron chi connectivity index (χ0n) is 13.0. The van der Waals surface area contributed by atoms with Crippen LogP contribution in [0.15, 0.2) is 48.0 Å². The van der Waals surface area contributed by atoms with Crippen LogP contribution in [0, 0.1) is 0 Å². The number of aromatic nitrogens is 2.